The van der Waals surface area contributed by atoms with Gasteiger partial charge in [-0.15, -0.1) is 15.3 Å². The maximum Gasteiger partial charge on any atom is 0.260 e. The Kier molecular flexibility index (Phi) is 4.73. The Bertz CT molecular complexity index is 958. The van der Waals surface area contributed by atoms with Crippen LogP contribution in [0.3, 0.4) is 0 Å². The van der Waals surface area contributed by atoms with E-state index >= 15 is 0 Å². The third-order valence-corrected chi connectivity index (χ3v) is 4.54. The summed E-state index contributed by atoms with van der Waals surface area (Å²) in [6.07, 6.45) is 4.60. The van der Waals surface area contributed by atoms with E-state index in [1.54, 1.807) is 41.4 Å². The number of aromatic nitrogens is 5. The summed E-state index contributed by atoms with van der Waals surface area (Å²) in [6.45, 7) is 0.868. The third kappa shape index (κ3) is 3.76. The van der Waals surface area contributed by atoms with Crippen LogP contribution in [-0.4, -0.2) is 61.1 Å². The molecule has 138 valence electrons. The lowest BCUT2D eigenvalue weighted by atomic mass is 9.92. The average Bonchev–Trinajstić information content (AvgIpc) is 3.20. The molecule has 0 bridgehead atoms. The standard InChI is InChI=1S/C18H18N6O3/c25-17(11-27-16-7-6-15-21-20-12-24(15)22-16)23-9-3-4-13(10-23)18(26)14-5-1-2-8-19-14/h1-2,5-8,12-13H,3-4,9-11H2/t13-/m0/s1. The maximum absolute atomic E-state index is 12.6. The van der Waals surface area contributed by atoms with Crippen molar-refractivity contribution in [1.82, 2.24) is 29.7 Å². The number of piperidine rings is 1. The molecule has 1 saturated heterocycles. The van der Waals surface area contributed by atoms with Gasteiger partial charge in [-0.1, -0.05) is 6.07 Å². The molecular weight excluding hydrogens is 348 g/mol. The van der Waals surface area contributed by atoms with E-state index in [9.17, 15) is 9.59 Å². The van der Waals surface area contributed by atoms with E-state index in [1.165, 1.54) is 10.8 Å². The maximum atomic E-state index is 12.6. The summed E-state index contributed by atoms with van der Waals surface area (Å²) in [5, 5.41) is 11.8. The third-order valence-electron chi connectivity index (χ3n) is 4.54. The molecule has 0 radical (unpaired) electrons. The first-order valence-corrected chi connectivity index (χ1v) is 8.73. The fourth-order valence-electron chi connectivity index (χ4n) is 3.15. The molecule has 1 atom stereocenters. The minimum atomic E-state index is -0.232. The Hall–Kier alpha value is -3.36. The molecule has 1 fully saturated rings. The van der Waals surface area contributed by atoms with Crippen molar-refractivity contribution >= 4 is 17.3 Å². The van der Waals surface area contributed by atoms with E-state index in [-0.39, 0.29) is 24.2 Å². The van der Waals surface area contributed by atoms with Crippen molar-refractivity contribution in [3.8, 4) is 5.88 Å². The topological polar surface area (TPSA) is 103 Å². The monoisotopic (exact) mass is 366 g/mol. The molecular formula is C18H18N6O3. The molecule has 4 heterocycles. The lowest BCUT2D eigenvalue weighted by Crippen LogP contribution is -2.44. The predicted molar refractivity (Wildman–Crippen MR) is 94.1 cm³/mol. The Morgan fingerprint density at radius 3 is 3.00 bits per heavy atom. The SMILES string of the molecule is O=C(c1ccccn1)[C@H]1CCCN(C(=O)COc2ccc3nncn3n2)C1. The highest BCUT2D eigenvalue weighted by molar-refractivity contribution is 5.96. The van der Waals surface area contributed by atoms with E-state index in [0.29, 0.717) is 30.3 Å². The van der Waals surface area contributed by atoms with E-state index in [2.05, 4.69) is 20.3 Å². The van der Waals surface area contributed by atoms with E-state index < -0.39 is 0 Å². The smallest absolute Gasteiger partial charge is 0.260 e. The Labute approximate surface area is 155 Å². The summed E-state index contributed by atoms with van der Waals surface area (Å²) < 4.78 is 6.98. The van der Waals surface area contributed by atoms with Crippen molar-refractivity contribution in [2.45, 2.75) is 12.8 Å². The molecule has 0 aromatic carbocycles. The number of Topliss-reactive ketones (excluding diaryl/α,β-unsaturated/α-hetero) is 1. The molecule has 9 nitrogen and oxygen atoms in total. The summed E-state index contributed by atoms with van der Waals surface area (Å²) >= 11 is 0. The van der Waals surface area contributed by atoms with Crippen LogP contribution in [0.5, 0.6) is 5.88 Å². The predicted octanol–water partition coefficient (Wildman–Crippen LogP) is 1.02. The second kappa shape index (κ2) is 7.48. The highest BCUT2D eigenvalue weighted by atomic mass is 16.5. The van der Waals surface area contributed by atoms with Crippen LogP contribution in [0, 0.1) is 5.92 Å². The number of rotatable bonds is 5. The van der Waals surface area contributed by atoms with Gasteiger partial charge in [-0.05, 0) is 31.0 Å². The van der Waals surface area contributed by atoms with Crippen molar-refractivity contribution in [3.63, 3.8) is 0 Å². The number of fused-ring (bicyclic) bond motifs is 1. The number of ether oxygens (including phenoxy) is 1. The van der Waals surface area contributed by atoms with Crippen LogP contribution in [0.4, 0.5) is 0 Å². The fourth-order valence-corrected chi connectivity index (χ4v) is 3.15. The van der Waals surface area contributed by atoms with Crippen LogP contribution < -0.4 is 4.74 Å². The molecule has 4 rings (SSSR count). The van der Waals surface area contributed by atoms with Crippen LogP contribution in [-0.2, 0) is 4.79 Å². The summed E-state index contributed by atoms with van der Waals surface area (Å²) in [4.78, 5) is 30.9. The number of hydrogen-bond donors (Lipinski definition) is 0. The van der Waals surface area contributed by atoms with Crippen molar-refractivity contribution < 1.29 is 14.3 Å². The molecule has 3 aromatic heterocycles. The largest absolute Gasteiger partial charge is 0.467 e. The van der Waals surface area contributed by atoms with Crippen molar-refractivity contribution in [3.05, 3.63) is 48.5 Å². The lowest BCUT2D eigenvalue weighted by molar-refractivity contribution is -0.134. The molecule has 0 unspecified atom stereocenters. The minimum Gasteiger partial charge on any atom is -0.467 e. The molecule has 0 spiro atoms. The first-order valence-electron chi connectivity index (χ1n) is 8.73. The quantitative estimate of drug-likeness (QED) is 0.621. The van der Waals surface area contributed by atoms with Gasteiger partial charge in [0.2, 0.25) is 5.88 Å². The molecule has 0 saturated carbocycles. The number of carbonyl (C=O) groups is 2. The van der Waals surface area contributed by atoms with Crippen LogP contribution in [0.1, 0.15) is 23.3 Å². The Morgan fingerprint density at radius 2 is 2.15 bits per heavy atom. The number of likely N-dealkylation sites (tertiary alicyclic amines) is 1. The number of amides is 1. The number of carbonyl (C=O) groups excluding carboxylic acids is 2. The molecule has 1 amide bonds. The van der Waals surface area contributed by atoms with Crippen LogP contribution >= 0.6 is 0 Å². The molecule has 9 heteroatoms. The first-order chi connectivity index (χ1) is 13.2. The van der Waals surface area contributed by atoms with Gasteiger partial charge in [-0.2, -0.15) is 4.52 Å². The fraction of sp³-hybridized carbons (Fsp3) is 0.333. The lowest BCUT2D eigenvalue weighted by Gasteiger charge is -2.31. The molecule has 1 aliphatic rings. The van der Waals surface area contributed by atoms with E-state index in [4.69, 9.17) is 4.74 Å². The minimum absolute atomic E-state index is 0.0197. The van der Waals surface area contributed by atoms with E-state index in [0.717, 1.165) is 12.8 Å². The first kappa shape index (κ1) is 17.1. The number of ketones is 1. The summed E-state index contributed by atoms with van der Waals surface area (Å²) in [5.74, 6) is -0.106. The Morgan fingerprint density at radius 1 is 1.22 bits per heavy atom. The van der Waals surface area contributed by atoms with Gasteiger partial charge in [0.1, 0.15) is 12.0 Å². The van der Waals surface area contributed by atoms with Gasteiger partial charge in [0.15, 0.2) is 18.0 Å². The van der Waals surface area contributed by atoms with E-state index in [1.807, 2.05) is 0 Å². The van der Waals surface area contributed by atoms with Crippen LogP contribution in [0.25, 0.3) is 5.65 Å². The van der Waals surface area contributed by atoms with Gasteiger partial charge in [-0.3, -0.25) is 14.6 Å². The van der Waals surface area contributed by atoms with Gasteiger partial charge in [0.25, 0.3) is 5.91 Å². The van der Waals surface area contributed by atoms with Gasteiger partial charge in [0, 0.05) is 31.3 Å². The summed E-state index contributed by atoms with van der Waals surface area (Å²) in [7, 11) is 0. The van der Waals surface area contributed by atoms with Gasteiger partial charge >= 0.3 is 0 Å². The number of pyridine rings is 1. The molecule has 27 heavy (non-hydrogen) atoms. The summed E-state index contributed by atoms with van der Waals surface area (Å²) in [6, 6.07) is 8.62. The van der Waals surface area contributed by atoms with Crippen molar-refractivity contribution in [2.24, 2.45) is 5.92 Å². The molecule has 1 aliphatic heterocycles. The molecule has 0 aliphatic carbocycles. The second-order valence-electron chi connectivity index (χ2n) is 6.35. The molecule has 0 N–H and O–H groups in total. The number of nitrogens with zero attached hydrogens (tertiary/aromatic N) is 6. The van der Waals surface area contributed by atoms with Gasteiger partial charge < -0.3 is 9.64 Å². The highest BCUT2D eigenvalue weighted by Gasteiger charge is 2.29. The zero-order valence-corrected chi connectivity index (χ0v) is 14.6. The van der Waals surface area contributed by atoms with Crippen LogP contribution in [0.15, 0.2) is 42.9 Å². The van der Waals surface area contributed by atoms with Gasteiger partial charge in [0.05, 0.1) is 0 Å². The Balaban J connectivity index is 1.36. The highest BCUT2D eigenvalue weighted by Crippen LogP contribution is 2.20. The second-order valence-corrected chi connectivity index (χ2v) is 6.35. The zero-order chi connectivity index (χ0) is 18.6. The van der Waals surface area contributed by atoms with Gasteiger partial charge in [-0.25, -0.2) is 0 Å². The summed E-state index contributed by atoms with van der Waals surface area (Å²) in [5.41, 5.74) is 1.04. The van der Waals surface area contributed by atoms with Crippen molar-refractivity contribution in [1.29, 1.82) is 0 Å². The number of hydrogen-bond acceptors (Lipinski definition) is 7. The normalized spacial score (nSPS) is 17.0. The van der Waals surface area contributed by atoms with Crippen LogP contribution in [0.2, 0.25) is 0 Å². The zero-order valence-electron chi connectivity index (χ0n) is 14.6. The molecule has 3 aromatic rings. The average molecular weight is 366 g/mol. The van der Waals surface area contributed by atoms with Crippen molar-refractivity contribution in [2.75, 3.05) is 19.7 Å².